The Balaban J connectivity index is 1.58. The molecule has 160 valence electrons. The molecule has 0 aromatic rings. The summed E-state index contributed by atoms with van der Waals surface area (Å²) in [6.45, 7) is 7.85. The number of carbonyl (C=O) groups is 3. The maximum Gasteiger partial charge on any atom is 0.407 e. The lowest BCUT2D eigenvalue weighted by atomic mass is 9.88. The molecule has 2 rings (SSSR count). The number of likely N-dealkylation sites (tertiary alicyclic amines) is 1. The molecule has 1 saturated heterocycles. The summed E-state index contributed by atoms with van der Waals surface area (Å²) in [6, 6.07) is 0. The van der Waals surface area contributed by atoms with Crippen molar-refractivity contribution in [2.75, 3.05) is 26.2 Å². The van der Waals surface area contributed by atoms with E-state index in [1.807, 2.05) is 4.90 Å². The predicted octanol–water partition coefficient (Wildman–Crippen LogP) is 2.84. The normalized spacial score (nSPS) is 19.2. The molecule has 2 aliphatic rings. The minimum Gasteiger partial charge on any atom is -0.444 e. The third-order valence-corrected chi connectivity index (χ3v) is 5.52. The average molecular weight is 396 g/mol. The minimum atomic E-state index is -0.539. The van der Waals surface area contributed by atoms with Gasteiger partial charge in [-0.1, -0.05) is 19.3 Å². The van der Waals surface area contributed by atoms with Gasteiger partial charge in [0.1, 0.15) is 5.60 Å². The number of amides is 3. The van der Waals surface area contributed by atoms with E-state index >= 15 is 0 Å². The highest BCUT2D eigenvalue weighted by Crippen LogP contribution is 2.24. The van der Waals surface area contributed by atoms with Crippen molar-refractivity contribution in [2.24, 2.45) is 11.8 Å². The molecule has 2 N–H and O–H groups in total. The Kier molecular flexibility index (Phi) is 8.58. The van der Waals surface area contributed by atoms with Crippen LogP contribution in [0.3, 0.4) is 0 Å². The largest absolute Gasteiger partial charge is 0.444 e. The maximum atomic E-state index is 12.3. The highest BCUT2D eigenvalue weighted by atomic mass is 16.6. The second-order valence-electron chi connectivity index (χ2n) is 9.08. The molecule has 0 spiro atoms. The van der Waals surface area contributed by atoms with Gasteiger partial charge < -0.3 is 20.3 Å². The predicted molar refractivity (Wildman–Crippen MR) is 108 cm³/mol. The van der Waals surface area contributed by atoms with E-state index in [0.717, 1.165) is 45.3 Å². The number of carbonyl (C=O) groups excluding carboxylic acids is 3. The van der Waals surface area contributed by atoms with Crippen LogP contribution in [0.25, 0.3) is 0 Å². The summed E-state index contributed by atoms with van der Waals surface area (Å²) in [4.78, 5) is 38.0. The van der Waals surface area contributed by atoms with E-state index in [1.54, 1.807) is 20.8 Å². The maximum absolute atomic E-state index is 12.3. The van der Waals surface area contributed by atoms with Gasteiger partial charge in [-0.05, 0) is 52.4 Å². The summed E-state index contributed by atoms with van der Waals surface area (Å²) in [5.74, 6) is 0.913. The van der Waals surface area contributed by atoms with Crippen LogP contribution in [0.4, 0.5) is 4.79 Å². The van der Waals surface area contributed by atoms with Gasteiger partial charge in [0, 0.05) is 38.5 Å². The third kappa shape index (κ3) is 8.07. The number of rotatable bonds is 6. The fourth-order valence-corrected chi connectivity index (χ4v) is 3.88. The van der Waals surface area contributed by atoms with Crippen LogP contribution in [-0.4, -0.2) is 54.6 Å². The molecule has 28 heavy (non-hydrogen) atoms. The first-order valence-corrected chi connectivity index (χ1v) is 10.8. The van der Waals surface area contributed by atoms with Gasteiger partial charge in [0.2, 0.25) is 11.8 Å². The van der Waals surface area contributed by atoms with Gasteiger partial charge in [0.25, 0.3) is 0 Å². The van der Waals surface area contributed by atoms with E-state index in [9.17, 15) is 14.4 Å². The van der Waals surface area contributed by atoms with E-state index in [-0.39, 0.29) is 30.7 Å². The lowest BCUT2D eigenvalue weighted by Gasteiger charge is -2.32. The molecule has 0 bridgehead atoms. The molecule has 0 aromatic heterocycles. The molecular weight excluding hydrogens is 358 g/mol. The topological polar surface area (TPSA) is 87.7 Å². The van der Waals surface area contributed by atoms with Gasteiger partial charge in [-0.3, -0.25) is 9.59 Å². The summed E-state index contributed by atoms with van der Waals surface area (Å²) in [7, 11) is 0. The molecule has 2 fully saturated rings. The van der Waals surface area contributed by atoms with Crippen molar-refractivity contribution in [3.63, 3.8) is 0 Å². The summed E-state index contributed by atoms with van der Waals surface area (Å²) < 4.78 is 5.16. The Morgan fingerprint density at radius 2 is 1.61 bits per heavy atom. The second kappa shape index (κ2) is 10.7. The van der Waals surface area contributed by atoms with Crippen LogP contribution in [-0.2, 0) is 14.3 Å². The average Bonchev–Trinajstić information content (AvgIpc) is 2.65. The molecule has 7 nitrogen and oxygen atoms in total. The van der Waals surface area contributed by atoms with Crippen LogP contribution in [0.1, 0.15) is 72.1 Å². The minimum absolute atomic E-state index is 0.0562. The van der Waals surface area contributed by atoms with Crippen molar-refractivity contribution in [3.8, 4) is 0 Å². The van der Waals surface area contributed by atoms with Crippen LogP contribution in [0, 0.1) is 11.8 Å². The number of piperidine rings is 1. The molecule has 7 heteroatoms. The second-order valence-corrected chi connectivity index (χ2v) is 9.08. The molecule has 1 aliphatic carbocycles. The zero-order chi connectivity index (χ0) is 20.6. The Hall–Kier alpha value is -1.79. The Labute approximate surface area is 168 Å². The molecule has 0 atom stereocenters. The van der Waals surface area contributed by atoms with Gasteiger partial charge in [0.05, 0.1) is 0 Å². The Bertz CT molecular complexity index is 530. The highest BCUT2D eigenvalue weighted by Gasteiger charge is 2.25. The van der Waals surface area contributed by atoms with Crippen molar-refractivity contribution >= 4 is 17.9 Å². The van der Waals surface area contributed by atoms with Crippen molar-refractivity contribution < 1.29 is 19.1 Å². The van der Waals surface area contributed by atoms with E-state index < -0.39 is 11.7 Å². The molecule has 0 unspecified atom stereocenters. The fourth-order valence-electron chi connectivity index (χ4n) is 3.88. The summed E-state index contributed by atoms with van der Waals surface area (Å²) >= 11 is 0. The van der Waals surface area contributed by atoms with Gasteiger partial charge in [-0.2, -0.15) is 0 Å². The van der Waals surface area contributed by atoms with E-state index in [4.69, 9.17) is 4.74 Å². The smallest absolute Gasteiger partial charge is 0.407 e. The SMILES string of the molecule is CC(C)(C)OC(=O)NCCC(=O)N1CCC(CNC(=O)C2CCCCC2)CC1. The number of alkyl carbamates (subject to hydrolysis) is 1. The lowest BCUT2D eigenvalue weighted by Crippen LogP contribution is -2.43. The van der Waals surface area contributed by atoms with Crippen LogP contribution in [0.15, 0.2) is 0 Å². The quantitative estimate of drug-likeness (QED) is 0.724. The van der Waals surface area contributed by atoms with Gasteiger partial charge in [-0.25, -0.2) is 4.79 Å². The number of nitrogens with zero attached hydrogens (tertiary/aromatic N) is 1. The van der Waals surface area contributed by atoms with Gasteiger partial charge in [0.15, 0.2) is 0 Å². The Morgan fingerprint density at radius 3 is 2.21 bits per heavy atom. The summed E-state index contributed by atoms with van der Waals surface area (Å²) in [5.41, 5.74) is -0.539. The molecular formula is C21H37N3O4. The molecule has 1 heterocycles. The van der Waals surface area contributed by atoms with E-state index in [2.05, 4.69) is 10.6 Å². The number of nitrogens with one attached hydrogen (secondary N) is 2. The molecule has 0 radical (unpaired) electrons. The monoisotopic (exact) mass is 395 g/mol. The zero-order valence-electron chi connectivity index (χ0n) is 17.7. The molecule has 1 saturated carbocycles. The molecule has 1 aliphatic heterocycles. The standard InChI is InChI=1S/C21H37N3O4/c1-21(2,3)28-20(27)22-12-9-18(25)24-13-10-16(11-14-24)15-23-19(26)17-7-5-4-6-8-17/h16-17H,4-15H2,1-3H3,(H,22,27)(H,23,26). The third-order valence-electron chi connectivity index (χ3n) is 5.52. The fraction of sp³-hybridized carbons (Fsp3) is 0.857. The van der Waals surface area contributed by atoms with Crippen molar-refractivity contribution in [1.29, 1.82) is 0 Å². The zero-order valence-corrected chi connectivity index (χ0v) is 17.7. The first-order valence-electron chi connectivity index (χ1n) is 10.8. The van der Waals surface area contributed by atoms with Crippen molar-refractivity contribution in [1.82, 2.24) is 15.5 Å². The Morgan fingerprint density at radius 1 is 0.964 bits per heavy atom. The number of hydrogen-bond acceptors (Lipinski definition) is 4. The van der Waals surface area contributed by atoms with E-state index in [0.29, 0.717) is 5.92 Å². The van der Waals surface area contributed by atoms with Gasteiger partial charge >= 0.3 is 6.09 Å². The van der Waals surface area contributed by atoms with Crippen molar-refractivity contribution in [3.05, 3.63) is 0 Å². The van der Waals surface area contributed by atoms with Gasteiger partial charge in [-0.15, -0.1) is 0 Å². The van der Waals surface area contributed by atoms with Crippen molar-refractivity contribution in [2.45, 2.75) is 77.7 Å². The summed E-state index contributed by atoms with van der Waals surface area (Å²) in [5, 5.41) is 5.75. The van der Waals surface area contributed by atoms with Crippen LogP contribution in [0.5, 0.6) is 0 Å². The lowest BCUT2D eigenvalue weighted by molar-refractivity contribution is -0.133. The first kappa shape index (κ1) is 22.5. The van der Waals surface area contributed by atoms with Crippen LogP contribution in [0.2, 0.25) is 0 Å². The van der Waals surface area contributed by atoms with E-state index in [1.165, 1.54) is 19.3 Å². The molecule has 0 aromatic carbocycles. The molecule has 3 amide bonds. The van der Waals surface area contributed by atoms with Crippen LogP contribution < -0.4 is 10.6 Å². The van der Waals surface area contributed by atoms with Crippen LogP contribution >= 0.6 is 0 Å². The summed E-state index contributed by atoms with van der Waals surface area (Å²) in [6.07, 6.45) is 7.25. The number of ether oxygens (including phenoxy) is 1. The first-order chi connectivity index (χ1) is 13.2. The number of hydrogen-bond donors (Lipinski definition) is 2. The highest BCUT2D eigenvalue weighted by molar-refractivity contribution is 5.79.